The normalized spacial score (nSPS) is 15.8. The van der Waals surface area contributed by atoms with Gasteiger partial charge in [0.2, 0.25) is 4.91 Å². The first-order valence-electron chi connectivity index (χ1n) is 4.87. The molecule has 16 heavy (non-hydrogen) atoms. The zero-order valence-corrected chi connectivity index (χ0v) is 8.59. The highest BCUT2D eigenvalue weighted by molar-refractivity contribution is 5.94. The number of morpholine rings is 1. The van der Waals surface area contributed by atoms with E-state index in [0.29, 0.717) is 18.8 Å². The molecule has 1 heterocycles. The second-order valence-electron chi connectivity index (χ2n) is 3.31. The van der Waals surface area contributed by atoms with Gasteiger partial charge in [0.25, 0.3) is 5.91 Å². The molecule has 0 atom stereocenters. The molecule has 0 unspecified atom stereocenters. The average Bonchev–Trinajstić information content (AvgIpc) is 2.31. The monoisotopic (exact) mass is 219 g/mol. The second kappa shape index (κ2) is 4.65. The third-order valence-electron chi connectivity index (χ3n) is 2.31. The van der Waals surface area contributed by atoms with E-state index in [9.17, 15) is 4.79 Å². The van der Waals surface area contributed by atoms with Crippen molar-refractivity contribution in [3.63, 3.8) is 0 Å². The molecule has 2 rings (SSSR count). The number of carbonyl (C=O) groups is 1. The van der Waals surface area contributed by atoms with Gasteiger partial charge >= 0.3 is 0 Å². The molecule has 1 fully saturated rings. The maximum atomic E-state index is 11.5. The lowest BCUT2D eigenvalue weighted by Gasteiger charge is -2.26. The van der Waals surface area contributed by atoms with Gasteiger partial charge in [-0.25, -0.2) is 0 Å². The number of amides is 1. The van der Waals surface area contributed by atoms with Crippen molar-refractivity contribution in [1.82, 2.24) is 4.91 Å². The van der Waals surface area contributed by atoms with Crippen LogP contribution >= 0.6 is 0 Å². The van der Waals surface area contributed by atoms with E-state index >= 15 is 0 Å². The Balaban J connectivity index is 2.20. The standard InChI is InChI=1S/C10H11N4O2/c11-13-12-8-1-3-9(4-2-8)14-5-6-16-7-10(14)15/h1-4,11H,5-7H2/q+1. The molecule has 0 bridgehead atoms. The zero-order chi connectivity index (χ0) is 11.4. The smallest absolute Gasteiger partial charge is 0.253 e. The summed E-state index contributed by atoms with van der Waals surface area (Å²) in [6.45, 7) is 1.26. The Hall–Kier alpha value is -2.04. The lowest BCUT2D eigenvalue weighted by molar-refractivity contribution is -0.125. The van der Waals surface area contributed by atoms with Crippen LogP contribution in [-0.4, -0.2) is 25.7 Å². The fourth-order valence-corrected chi connectivity index (χ4v) is 1.55. The number of carbonyl (C=O) groups excluding carboxylic acids is 1. The predicted octanol–water partition coefficient (Wildman–Crippen LogP) is 1.23. The van der Waals surface area contributed by atoms with Crippen LogP contribution in [0, 0.1) is 5.53 Å². The summed E-state index contributed by atoms with van der Waals surface area (Å²) in [7, 11) is 0. The maximum absolute atomic E-state index is 11.5. The van der Waals surface area contributed by atoms with Crippen molar-refractivity contribution in [2.75, 3.05) is 24.7 Å². The van der Waals surface area contributed by atoms with Crippen molar-refractivity contribution in [2.45, 2.75) is 0 Å². The molecule has 0 saturated carbocycles. The van der Waals surface area contributed by atoms with Gasteiger partial charge in [0.1, 0.15) is 12.1 Å². The van der Waals surface area contributed by atoms with Crippen LogP contribution in [0.15, 0.2) is 29.4 Å². The third-order valence-corrected chi connectivity index (χ3v) is 2.31. The van der Waals surface area contributed by atoms with Crippen molar-refractivity contribution in [1.29, 1.82) is 5.53 Å². The quantitative estimate of drug-likeness (QED) is 0.599. The Kier molecular flexibility index (Phi) is 3.05. The fourth-order valence-electron chi connectivity index (χ4n) is 1.55. The number of benzene rings is 1. The lowest BCUT2D eigenvalue weighted by Crippen LogP contribution is -2.41. The number of hydrogen-bond donors (Lipinski definition) is 1. The Morgan fingerprint density at radius 1 is 1.38 bits per heavy atom. The van der Waals surface area contributed by atoms with E-state index in [1.807, 2.05) is 0 Å². The topological polar surface area (TPSA) is 79.8 Å². The van der Waals surface area contributed by atoms with E-state index < -0.39 is 0 Å². The molecule has 1 N–H and O–H groups in total. The Morgan fingerprint density at radius 2 is 2.12 bits per heavy atom. The first-order chi connectivity index (χ1) is 7.81. The molecule has 1 saturated heterocycles. The Morgan fingerprint density at radius 3 is 2.75 bits per heavy atom. The fraction of sp³-hybridized carbons (Fsp3) is 0.300. The number of nitrogens with one attached hydrogen (secondary N) is 1. The first kappa shape index (κ1) is 10.5. The minimum Gasteiger partial charge on any atom is -0.370 e. The largest absolute Gasteiger partial charge is 0.370 e. The minimum absolute atomic E-state index is 0.0406. The third kappa shape index (κ3) is 2.13. The molecule has 6 nitrogen and oxygen atoms in total. The van der Waals surface area contributed by atoms with E-state index in [2.05, 4.69) is 10.0 Å². The van der Waals surface area contributed by atoms with Gasteiger partial charge < -0.3 is 9.64 Å². The van der Waals surface area contributed by atoms with Crippen LogP contribution in [0.4, 0.5) is 11.4 Å². The molecule has 0 radical (unpaired) electrons. The van der Waals surface area contributed by atoms with Gasteiger partial charge in [-0.2, -0.15) is 0 Å². The van der Waals surface area contributed by atoms with E-state index in [4.69, 9.17) is 10.3 Å². The number of ether oxygens (including phenoxy) is 1. The SMILES string of the molecule is N=[N+]=Nc1ccc(N2CCOCC2=O)cc1. The highest BCUT2D eigenvalue weighted by atomic mass is 16.5. The van der Waals surface area contributed by atoms with Crippen LogP contribution < -0.4 is 9.81 Å². The molecule has 1 aliphatic rings. The van der Waals surface area contributed by atoms with Gasteiger partial charge in [-0.15, -0.1) is 0 Å². The maximum Gasteiger partial charge on any atom is 0.253 e. The summed E-state index contributed by atoms with van der Waals surface area (Å²) in [6.07, 6.45) is 0. The summed E-state index contributed by atoms with van der Waals surface area (Å²) in [6, 6.07) is 7.01. The predicted molar refractivity (Wildman–Crippen MR) is 56.6 cm³/mol. The van der Waals surface area contributed by atoms with E-state index in [1.165, 1.54) is 0 Å². The molecule has 1 amide bonds. The Labute approximate surface area is 92.1 Å². The number of hydrogen-bond acceptors (Lipinski definition) is 4. The first-order valence-corrected chi connectivity index (χ1v) is 4.87. The van der Waals surface area contributed by atoms with Gasteiger partial charge in [-0.05, 0) is 24.3 Å². The summed E-state index contributed by atoms with van der Waals surface area (Å²) in [4.78, 5) is 16.1. The highest BCUT2D eigenvalue weighted by Gasteiger charge is 2.19. The molecule has 1 aromatic carbocycles. The van der Waals surface area contributed by atoms with Crippen molar-refractivity contribution in [3.8, 4) is 0 Å². The van der Waals surface area contributed by atoms with Crippen LogP contribution in [0.3, 0.4) is 0 Å². The molecule has 1 aromatic rings. The molecule has 6 heteroatoms. The molecule has 82 valence electrons. The summed E-state index contributed by atoms with van der Waals surface area (Å²) in [5.41, 5.74) is 8.01. The van der Waals surface area contributed by atoms with Gasteiger partial charge in [-0.3, -0.25) is 4.79 Å². The average molecular weight is 219 g/mol. The van der Waals surface area contributed by atoms with Crippen molar-refractivity contribution >= 4 is 17.3 Å². The van der Waals surface area contributed by atoms with E-state index in [1.54, 1.807) is 29.2 Å². The van der Waals surface area contributed by atoms with E-state index in [0.717, 1.165) is 5.69 Å². The zero-order valence-electron chi connectivity index (χ0n) is 8.59. The lowest BCUT2D eigenvalue weighted by atomic mass is 10.2. The molecule has 1 aliphatic heterocycles. The Bertz CT molecular complexity index is 437. The molecule has 0 aromatic heterocycles. The van der Waals surface area contributed by atoms with Gasteiger partial charge in [0.15, 0.2) is 10.8 Å². The molecular weight excluding hydrogens is 208 g/mol. The molecule has 0 aliphatic carbocycles. The van der Waals surface area contributed by atoms with Crippen LogP contribution in [0.5, 0.6) is 0 Å². The number of anilines is 1. The van der Waals surface area contributed by atoms with Crippen LogP contribution in [0.2, 0.25) is 0 Å². The van der Waals surface area contributed by atoms with Crippen molar-refractivity contribution in [2.24, 2.45) is 5.11 Å². The van der Waals surface area contributed by atoms with Gasteiger partial charge in [-0.1, -0.05) is 0 Å². The molecular formula is C10H11N4O2+. The highest BCUT2D eigenvalue weighted by Crippen LogP contribution is 2.20. The number of rotatable bonds is 2. The van der Waals surface area contributed by atoms with Crippen molar-refractivity contribution < 1.29 is 9.53 Å². The van der Waals surface area contributed by atoms with Crippen molar-refractivity contribution in [3.05, 3.63) is 24.3 Å². The van der Waals surface area contributed by atoms with Gasteiger partial charge in [0, 0.05) is 12.2 Å². The van der Waals surface area contributed by atoms with Gasteiger partial charge in [0.05, 0.1) is 6.61 Å². The van der Waals surface area contributed by atoms with Crippen LogP contribution in [0.25, 0.3) is 0 Å². The van der Waals surface area contributed by atoms with Crippen LogP contribution in [0.1, 0.15) is 0 Å². The summed E-state index contributed by atoms with van der Waals surface area (Å²) in [5, 5.41) is 3.58. The summed E-state index contributed by atoms with van der Waals surface area (Å²) in [5.74, 6) is -0.0406. The summed E-state index contributed by atoms with van der Waals surface area (Å²) >= 11 is 0. The number of nitrogens with zero attached hydrogens (tertiary/aromatic N) is 3. The summed E-state index contributed by atoms with van der Waals surface area (Å²) < 4.78 is 5.05. The van der Waals surface area contributed by atoms with E-state index in [-0.39, 0.29) is 12.5 Å². The van der Waals surface area contributed by atoms with Crippen LogP contribution in [-0.2, 0) is 9.53 Å². The second-order valence-corrected chi connectivity index (χ2v) is 3.31. The molecule has 0 spiro atoms. The minimum atomic E-state index is -0.0406.